The smallest absolute Gasteiger partial charge is 0.140 e. The largest absolute Gasteiger partial charge is 0.299 e. The molecule has 10 heavy (non-hydrogen) atoms. The fourth-order valence-corrected chi connectivity index (χ4v) is 2.45. The van der Waals surface area contributed by atoms with E-state index in [0.29, 0.717) is 11.7 Å². The molecule has 3 rings (SSSR count). The van der Waals surface area contributed by atoms with Gasteiger partial charge in [-0.15, -0.1) is 0 Å². The van der Waals surface area contributed by atoms with Crippen LogP contribution in [0, 0.1) is 23.7 Å². The third-order valence-electron chi connectivity index (χ3n) is 3.28. The van der Waals surface area contributed by atoms with Crippen LogP contribution in [0.4, 0.5) is 0 Å². The van der Waals surface area contributed by atoms with Crippen molar-refractivity contribution in [1.29, 1.82) is 0 Å². The van der Waals surface area contributed by atoms with Gasteiger partial charge in [0.25, 0.3) is 0 Å². The van der Waals surface area contributed by atoms with Crippen LogP contribution in [-0.4, -0.2) is 5.78 Å². The highest BCUT2D eigenvalue weighted by molar-refractivity contribution is 5.89. The Morgan fingerprint density at radius 3 is 3.00 bits per heavy atom. The molecule has 1 heteroatoms. The third kappa shape index (κ3) is 0.437. The van der Waals surface area contributed by atoms with E-state index in [4.69, 9.17) is 0 Å². The molecule has 0 saturated heterocycles. The number of carbonyl (C=O) groups is 1. The van der Waals surface area contributed by atoms with E-state index in [1.54, 1.807) is 0 Å². The van der Waals surface area contributed by atoms with Gasteiger partial charge in [-0.1, -0.05) is 12.2 Å². The summed E-state index contributed by atoms with van der Waals surface area (Å²) in [5.41, 5.74) is 0. The van der Waals surface area contributed by atoms with Crippen LogP contribution < -0.4 is 0 Å². The Morgan fingerprint density at radius 2 is 2.20 bits per heavy atom. The number of ketones is 1. The van der Waals surface area contributed by atoms with Crippen LogP contribution in [0.3, 0.4) is 0 Å². The molecule has 2 fully saturated rings. The molecule has 0 heterocycles. The van der Waals surface area contributed by atoms with Gasteiger partial charge in [-0.2, -0.15) is 0 Å². The number of hydrogen-bond donors (Lipinski definition) is 0. The highest BCUT2D eigenvalue weighted by atomic mass is 16.1. The van der Waals surface area contributed by atoms with Gasteiger partial charge in [0, 0.05) is 12.3 Å². The van der Waals surface area contributed by atoms with Crippen molar-refractivity contribution < 1.29 is 4.79 Å². The maximum absolute atomic E-state index is 11.0. The van der Waals surface area contributed by atoms with Gasteiger partial charge in [0.1, 0.15) is 5.78 Å². The highest BCUT2D eigenvalue weighted by Gasteiger charge is 2.53. The van der Waals surface area contributed by atoms with Crippen molar-refractivity contribution in [3.8, 4) is 0 Å². The molecular weight excluding hydrogens is 124 g/mol. The van der Waals surface area contributed by atoms with Crippen LogP contribution in [0.15, 0.2) is 12.2 Å². The molecule has 1 nitrogen and oxygen atoms in total. The molecule has 0 aromatic heterocycles. The normalized spacial score (nSPS) is 55.0. The van der Waals surface area contributed by atoms with E-state index >= 15 is 0 Å². The van der Waals surface area contributed by atoms with Gasteiger partial charge in [-0.25, -0.2) is 0 Å². The first-order valence-electron chi connectivity index (χ1n) is 4.07. The Kier molecular flexibility index (Phi) is 0.697. The zero-order chi connectivity index (χ0) is 6.72. The lowest BCUT2D eigenvalue weighted by molar-refractivity contribution is -0.132. The van der Waals surface area contributed by atoms with Crippen molar-refractivity contribution in [3.63, 3.8) is 0 Å². The van der Waals surface area contributed by atoms with Gasteiger partial charge in [-0.05, 0) is 24.2 Å². The van der Waals surface area contributed by atoms with Crippen molar-refractivity contribution >= 4 is 5.78 Å². The zero-order valence-electron chi connectivity index (χ0n) is 5.79. The van der Waals surface area contributed by atoms with Gasteiger partial charge in [0.15, 0.2) is 0 Å². The summed E-state index contributed by atoms with van der Waals surface area (Å²) in [5.74, 6) is 3.37. The Labute approximate surface area is 60.1 Å². The Balaban J connectivity index is 1.96. The number of allylic oxidation sites excluding steroid dienone is 2. The van der Waals surface area contributed by atoms with Gasteiger partial charge < -0.3 is 0 Å². The Hall–Kier alpha value is -0.590. The summed E-state index contributed by atoms with van der Waals surface area (Å²) in [6, 6.07) is 0. The molecule has 0 N–H and O–H groups in total. The topological polar surface area (TPSA) is 17.1 Å². The summed E-state index contributed by atoms with van der Waals surface area (Å²) in [5, 5.41) is 0. The van der Waals surface area contributed by atoms with Crippen molar-refractivity contribution in [2.24, 2.45) is 23.7 Å². The average Bonchev–Trinajstić information content (AvgIpc) is 2.63. The summed E-state index contributed by atoms with van der Waals surface area (Å²) in [4.78, 5) is 11.0. The number of carbonyl (C=O) groups excluding carboxylic acids is 1. The lowest BCUT2D eigenvalue weighted by Gasteiger charge is -2.35. The minimum absolute atomic E-state index is 0.351. The molecule has 0 radical (unpaired) electrons. The SMILES string of the molecule is O=C1C[C@H]2[C@H]3C[C@H]3C=C[C@@H]12. The number of rotatable bonds is 0. The van der Waals surface area contributed by atoms with Crippen LogP contribution in [0.2, 0.25) is 0 Å². The monoisotopic (exact) mass is 134 g/mol. The maximum Gasteiger partial charge on any atom is 0.140 e. The molecule has 2 saturated carbocycles. The predicted molar refractivity (Wildman–Crippen MR) is 37.3 cm³/mol. The molecule has 0 spiro atoms. The minimum Gasteiger partial charge on any atom is -0.299 e. The van der Waals surface area contributed by atoms with E-state index in [1.165, 1.54) is 6.42 Å². The van der Waals surface area contributed by atoms with Crippen LogP contribution in [0.1, 0.15) is 12.8 Å². The first-order chi connectivity index (χ1) is 4.86. The summed E-state index contributed by atoms with van der Waals surface area (Å²) in [6.45, 7) is 0. The van der Waals surface area contributed by atoms with Gasteiger partial charge in [0.05, 0.1) is 0 Å². The van der Waals surface area contributed by atoms with Gasteiger partial charge in [-0.3, -0.25) is 4.79 Å². The lowest BCUT2D eigenvalue weighted by Crippen LogP contribution is -2.38. The average molecular weight is 134 g/mol. The second kappa shape index (κ2) is 1.36. The molecule has 0 unspecified atom stereocenters. The predicted octanol–water partition coefficient (Wildman–Crippen LogP) is 1.40. The van der Waals surface area contributed by atoms with Crippen molar-refractivity contribution in [2.45, 2.75) is 12.8 Å². The Morgan fingerprint density at radius 1 is 1.30 bits per heavy atom. The van der Waals surface area contributed by atoms with Crippen molar-refractivity contribution in [3.05, 3.63) is 12.2 Å². The zero-order valence-corrected chi connectivity index (χ0v) is 5.79. The highest BCUT2D eigenvalue weighted by Crippen LogP contribution is 2.57. The van der Waals surface area contributed by atoms with Gasteiger partial charge in [0.2, 0.25) is 0 Å². The molecular formula is C9H10O. The van der Waals surface area contributed by atoms with Crippen LogP contribution in [0.5, 0.6) is 0 Å². The lowest BCUT2D eigenvalue weighted by atomic mass is 9.67. The molecule has 4 atom stereocenters. The summed E-state index contributed by atoms with van der Waals surface area (Å²) in [7, 11) is 0. The second-order valence-corrected chi connectivity index (χ2v) is 3.81. The standard InChI is InChI=1S/C9H10O/c10-9-4-8-6(9)2-1-5-3-7(5)8/h1-2,5-8H,3-4H2/t5-,6-,7+,8-/m1/s1. The number of Topliss-reactive ketones (excluding diaryl/α,β-unsaturated/α-hetero) is 1. The molecule has 3 aliphatic carbocycles. The minimum atomic E-state index is 0.351. The first kappa shape index (κ1) is 5.11. The first-order valence-corrected chi connectivity index (χ1v) is 4.07. The quantitative estimate of drug-likeness (QED) is 0.458. The fourth-order valence-electron chi connectivity index (χ4n) is 2.45. The van der Waals surface area contributed by atoms with Crippen LogP contribution in [-0.2, 0) is 4.79 Å². The molecule has 0 aromatic rings. The van der Waals surface area contributed by atoms with E-state index in [9.17, 15) is 4.79 Å². The summed E-state index contributed by atoms with van der Waals surface area (Å²) < 4.78 is 0. The van der Waals surface area contributed by atoms with Crippen molar-refractivity contribution in [2.75, 3.05) is 0 Å². The molecule has 3 aliphatic rings. The maximum atomic E-state index is 11.0. The second-order valence-electron chi connectivity index (χ2n) is 3.81. The molecule has 52 valence electrons. The number of hydrogen-bond acceptors (Lipinski definition) is 1. The third-order valence-corrected chi connectivity index (χ3v) is 3.28. The van der Waals surface area contributed by atoms with E-state index in [2.05, 4.69) is 12.2 Å². The van der Waals surface area contributed by atoms with Crippen LogP contribution in [0.25, 0.3) is 0 Å². The summed E-state index contributed by atoms with van der Waals surface area (Å²) >= 11 is 0. The van der Waals surface area contributed by atoms with E-state index in [-0.39, 0.29) is 0 Å². The van der Waals surface area contributed by atoms with E-state index in [1.807, 2.05) is 0 Å². The summed E-state index contributed by atoms with van der Waals surface area (Å²) in [6.07, 6.45) is 6.65. The van der Waals surface area contributed by atoms with E-state index in [0.717, 1.165) is 24.2 Å². The molecule has 0 amide bonds. The molecule has 0 bridgehead atoms. The van der Waals surface area contributed by atoms with Crippen LogP contribution >= 0.6 is 0 Å². The Bertz CT molecular complexity index is 229. The van der Waals surface area contributed by atoms with E-state index < -0.39 is 0 Å². The molecule has 0 aromatic carbocycles. The number of fused-ring (bicyclic) bond motifs is 3. The van der Waals surface area contributed by atoms with Crippen molar-refractivity contribution in [1.82, 2.24) is 0 Å². The van der Waals surface area contributed by atoms with Gasteiger partial charge >= 0.3 is 0 Å². The molecule has 0 aliphatic heterocycles. The fraction of sp³-hybridized carbons (Fsp3) is 0.667.